The number of hydrogen-bond acceptors (Lipinski definition) is 5. The molecule has 2 rings (SSSR count). The summed E-state index contributed by atoms with van der Waals surface area (Å²) >= 11 is 0. The highest BCUT2D eigenvalue weighted by atomic mass is 32.2. The van der Waals surface area contributed by atoms with Gasteiger partial charge in [0.25, 0.3) is 15.9 Å². The molecular weight excluding hydrogens is 358 g/mol. The van der Waals surface area contributed by atoms with E-state index in [2.05, 4.69) is 5.32 Å². The molecule has 26 heavy (non-hydrogen) atoms. The summed E-state index contributed by atoms with van der Waals surface area (Å²) in [5.41, 5.74) is 3.24. The maximum atomic E-state index is 12.2. The zero-order valence-corrected chi connectivity index (χ0v) is 14.6. The van der Waals surface area contributed by atoms with Crippen molar-refractivity contribution in [3.8, 4) is 0 Å². The summed E-state index contributed by atoms with van der Waals surface area (Å²) in [5, 5.41) is 10.8. The molecule has 0 unspecified atom stereocenters. The van der Waals surface area contributed by atoms with Gasteiger partial charge in [-0.05, 0) is 42.8 Å². The molecule has 0 radical (unpaired) electrons. The third-order valence-corrected chi connectivity index (χ3v) is 4.59. The number of aryl methyl sites for hydroxylation is 1. The van der Waals surface area contributed by atoms with Crippen LogP contribution < -0.4 is 15.5 Å². The molecule has 136 valence electrons. The van der Waals surface area contributed by atoms with Crippen molar-refractivity contribution in [3.05, 3.63) is 65.7 Å². The number of hydrogen-bond donors (Lipinski definition) is 4. The van der Waals surface area contributed by atoms with Crippen molar-refractivity contribution in [2.75, 3.05) is 5.32 Å². The smallest absolute Gasteiger partial charge is 0.307 e. The lowest BCUT2D eigenvalue weighted by Gasteiger charge is -2.09. The molecule has 0 aliphatic heterocycles. The Morgan fingerprint density at radius 2 is 1.77 bits per heavy atom. The van der Waals surface area contributed by atoms with Gasteiger partial charge in [0.05, 0.1) is 4.90 Å². The van der Waals surface area contributed by atoms with Gasteiger partial charge in [-0.1, -0.05) is 29.8 Å². The SMILES string of the molecule is Cc1ccc(S(=O)(=O)NC(=O)Nc2cccc(/C=C/C(=O)NO)c2)cc1. The minimum absolute atomic E-state index is 0.0232. The summed E-state index contributed by atoms with van der Waals surface area (Å²) in [6.45, 7) is 1.82. The number of carbonyl (C=O) groups excluding carboxylic acids is 2. The Morgan fingerprint density at radius 3 is 2.42 bits per heavy atom. The van der Waals surface area contributed by atoms with Crippen molar-refractivity contribution in [3.63, 3.8) is 0 Å². The van der Waals surface area contributed by atoms with Crippen molar-refractivity contribution >= 4 is 33.7 Å². The van der Waals surface area contributed by atoms with Gasteiger partial charge in [0, 0.05) is 11.8 Å². The van der Waals surface area contributed by atoms with E-state index in [0.717, 1.165) is 11.6 Å². The summed E-state index contributed by atoms with van der Waals surface area (Å²) in [4.78, 5) is 22.9. The molecule has 0 saturated carbocycles. The van der Waals surface area contributed by atoms with Crippen LogP contribution in [0, 0.1) is 6.92 Å². The third kappa shape index (κ3) is 5.43. The number of amides is 3. The van der Waals surface area contributed by atoms with Crippen molar-refractivity contribution < 1.29 is 23.2 Å². The summed E-state index contributed by atoms with van der Waals surface area (Å²) in [7, 11) is -3.99. The summed E-state index contributed by atoms with van der Waals surface area (Å²) in [6.07, 6.45) is 2.51. The lowest BCUT2D eigenvalue weighted by Crippen LogP contribution is -2.34. The van der Waals surface area contributed by atoms with Gasteiger partial charge in [0.15, 0.2) is 0 Å². The molecule has 0 aliphatic carbocycles. The van der Waals surface area contributed by atoms with Crippen molar-refractivity contribution in [1.29, 1.82) is 0 Å². The minimum atomic E-state index is -3.99. The molecule has 0 fully saturated rings. The van der Waals surface area contributed by atoms with Crippen LogP contribution in [0.3, 0.4) is 0 Å². The zero-order valence-electron chi connectivity index (χ0n) is 13.8. The number of anilines is 1. The fraction of sp³-hybridized carbons (Fsp3) is 0.0588. The van der Waals surface area contributed by atoms with Crippen molar-refractivity contribution in [2.45, 2.75) is 11.8 Å². The number of benzene rings is 2. The standard InChI is InChI=1S/C17H17N3O5S/c1-12-5-8-15(9-6-12)26(24,25)20-17(22)18-14-4-2-3-13(11-14)7-10-16(21)19-23/h2-11,23H,1H3,(H,19,21)(H2,18,20,22)/b10-7+. The number of carbonyl (C=O) groups is 2. The summed E-state index contributed by atoms with van der Waals surface area (Å²) < 4.78 is 26.3. The Morgan fingerprint density at radius 1 is 1.08 bits per heavy atom. The highest BCUT2D eigenvalue weighted by Crippen LogP contribution is 2.13. The highest BCUT2D eigenvalue weighted by Gasteiger charge is 2.17. The number of urea groups is 1. The molecule has 4 N–H and O–H groups in total. The maximum Gasteiger partial charge on any atom is 0.333 e. The maximum absolute atomic E-state index is 12.2. The van der Waals surface area contributed by atoms with Crippen molar-refractivity contribution in [1.82, 2.24) is 10.2 Å². The number of sulfonamides is 1. The van der Waals surface area contributed by atoms with Gasteiger partial charge in [0.1, 0.15) is 0 Å². The Bertz CT molecular complexity index is 937. The van der Waals surface area contributed by atoms with Crippen LogP contribution in [0.1, 0.15) is 11.1 Å². The first-order valence-corrected chi connectivity index (χ1v) is 8.91. The molecule has 2 aromatic carbocycles. The monoisotopic (exact) mass is 375 g/mol. The van der Waals surface area contributed by atoms with Gasteiger partial charge in [0.2, 0.25) is 0 Å². The van der Waals surface area contributed by atoms with E-state index in [0.29, 0.717) is 11.3 Å². The van der Waals surface area contributed by atoms with E-state index in [1.165, 1.54) is 29.8 Å². The van der Waals surface area contributed by atoms with E-state index in [4.69, 9.17) is 5.21 Å². The molecular formula is C17H17N3O5S. The molecule has 0 bridgehead atoms. The first kappa shape index (κ1) is 19.2. The molecule has 9 heteroatoms. The van der Waals surface area contributed by atoms with E-state index < -0.39 is 22.0 Å². The third-order valence-electron chi connectivity index (χ3n) is 3.24. The molecule has 8 nitrogen and oxygen atoms in total. The average molecular weight is 375 g/mol. The van der Waals surface area contributed by atoms with Crippen molar-refractivity contribution in [2.24, 2.45) is 0 Å². The van der Waals surface area contributed by atoms with Crippen LogP contribution in [0.5, 0.6) is 0 Å². The Balaban J connectivity index is 2.06. The predicted octanol–water partition coefficient (Wildman–Crippen LogP) is 2.02. The van der Waals surface area contributed by atoms with E-state index in [1.807, 2.05) is 11.6 Å². The van der Waals surface area contributed by atoms with Crippen LogP contribution in [-0.4, -0.2) is 25.6 Å². The first-order valence-electron chi connectivity index (χ1n) is 7.43. The van der Waals surface area contributed by atoms with Gasteiger partial charge in [-0.2, -0.15) is 0 Å². The Labute approximate surface area is 150 Å². The largest absolute Gasteiger partial charge is 0.333 e. The second kappa shape index (κ2) is 8.28. The highest BCUT2D eigenvalue weighted by molar-refractivity contribution is 7.90. The second-order valence-electron chi connectivity index (χ2n) is 5.31. The van der Waals surface area contributed by atoms with Gasteiger partial charge in [-0.15, -0.1) is 0 Å². The van der Waals surface area contributed by atoms with Crippen LogP contribution in [0.15, 0.2) is 59.5 Å². The molecule has 0 saturated heterocycles. The fourth-order valence-corrected chi connectivity index (χ4v) is 2.89. The van der Waals surface area contributed by atoms with E-state index in [1.54, 1.807) is 30.3 Å². The van der Waals surface area contributed by atoms with Crippen LogP contribution in [0.2, 0.25) is 0 Å². The average Bonchev–Trinajstić information content (AvgIpc) is 2.59. The Kier molecular flexibility index (Phi) is 6.10. The lowest BCUT2D eigenvalue weighted by molar-refractivity contribution is -0.124. The van der Waals surface area contributed by atoms with Gasteiger partial charge in [-0.3, -0.25) is 10.0 Å². The molecule has 0 aromatic heterocycles. The number of rotatable bonds is 5. The lowest BCUT2D eigenvalue weighted by atomic mass is 10.2. The van der Waals surface area contributed by atoms with Gasteiger partial charge in [-0.25, -0.2) is 23.4 Å². The number of hydroxylamine groups is 1. The fourth-order valence-electron chi connectivity index (χ4n) is 1.98. The van der Waals surface area contributed by atoms with E-state index in [9.17, 15) is 18.0 Å². The van der Waals surface area contributed by atoms with Crippen LogP contribution in [0.25, 0.3) is 6.08 Å². The van der Waals surface area contributed by atoms with Crippen LogP contribution in [-0.2, 0) is 14.8 Å². The molecule has 0 aliphatic rings. The molecule has 0 atom stereocenters. The van der Waals surface area contributed by atoms with Crippen LogP contribution >= 0.6 is 0 Å². The minimum Gasteiger partial charge on any atom is -0.307 e. The molecule has 0 spiro atoms. The molecule has 2 aromatic rings. The molecule has 0 heterocycles. The Hall–Kier alpha value is -3.17. The summed E-state index contributed by atoms with van der Waals surface area (Å²) in [6, 6.07) is 11.5. The number of nitrogens with one attached hydrogen (secondary N) is 3. The normalized spacial score (nSPS) is 11.2. The van der Waals surface area contributed by atoms with E-state index >= 15 is 0 Å². The first-order chi connectivity index (χ1) is 12.3. The quantitative estimate of drug-likeness (QED) is 0.361. The molecule has 3 amide bonds. The van der Waals surface area contributed by atoms with Gasteiger partial charge >= 0.3 is 6.03 Å². The van der Waals surface area contributed by atoms with Crippen LogP contribution in [0.4, 0.5) is 10.5 Å². The zero-order chi connectivity index (χ0) is 19.2. The topological polar surface area (TPSA) is 125 Å². The van der Waals surface area contributed by atoms with Gasteiger partial charge < -0.3 is 5.32 Å². The predicted molar refractivity (Wildman–Crippen MR) is 95.9 cm³/mol. The summed E-state index contributed by atoms with van der Waals surface area (Å²) in [5.74, 6) is -0.703. The van der Waals surface area contributed by atoms with E-state index in [-0.39, 0.29) is 4.90 Å². The second-order valence-corrected chi connectivity index (χ2v) is 6.99.